The number of nitriles is 1. The predicted octanol–water partition coefficient (Wildman–Crippen LogP) is 1.49. The summed E-state index contributed by atoms with van der Waals surface area (Å²) in [6.07, 6.45) is 1.42. The molecule has 3 rings (SSSR count). The van der Waals surface area contributed by atoms with E-state index in [0.29, 0.717) is 17.0 Å². The summed E-state index contributed by atoms with van der Waals surface area (Å²) in [5.41, 5.74) is 4.96. The van der Waals surface area contributed by atoms with Gasteiger partial charge in [0.25, 0.3) is 0 Å². The smallest absolute Gasteiger partial charge is 0.337 e. The van der Waals surface area contributed by atoms with Gasteiger partial charge >= 0.3 is 5.97 Å². The lowest BCUT2D eigenvalue weighted by Gasteiger charge is -2.34. The van der Waals surface area contributed by atoms with Crippen molar-refractivity contribution in [1.82, 2.24) is 4.90 Å². The average molecular weight is 351 g/mol. The Kier molecular flexibility index (Phi) is 4.04. The third-order valence-corrected chi connectivity index (χ3v) is 4.65. The molecule has 0 fully saturated rings. The minimum absolute atomic E-state index is 0.0250. The van der Waals surface area contributed by atoms with Crippen LogP contribution in [0.4, 0.5) is 0 Å². The van der Waals surface area contributed by atoms with Crippen LogP contribution in [0.15, 0.2) is 59.6 Å². The molecule has 0 radical (unpaired) electrons. The number of amides is 1. The monoisotopic (exact) mass is 351 g/mol. The SMILES string of the molecule is C=CCOC(=O)C1=C(C)N(C)C(=O)[C@@]12C(C#N)=C(N)Oc1ccccc12. The van der Waals surface area contributed by atoms with Crippen LogP contribution in [-0.2, 0) is 19.7 Å². The molecule has 0 saturated carbocycles. The fourth-order valence-corrected chi connectivity index (χ4v) is 3.43. The Morgan fingerprint density at radius 2 is 2.19 bits per heavy atom. The zero-order chi connectivity index (χ0) is 19.1. The molecule has 1 aromatic rings. The summed E-state index contributed by atoms with van der Waals surface area (Å²) in [6.45, 7) is 5.12. The van der Waals surface area contributed by atoms with Gasteiger partial charge in [-0.05, 0) is 13.0 Å². The van der Waals surface area contributed by atoms with Crippen molar-refractivity contribution < 1.29 is 19.1 Å². The highest BCUT2D eigenvalue weighted by atomic mass is 16.5. The van der Waals surface area contributed by atoms with Crippen LogP contribution >= 0.6 is 0 Å². The van der Waals surface area contributed by atoms with Crippen molar-refractivity contribution in [2.45, 2.75) is 12.3 Å². The standard InChI is InChI=1S/C19H17N3O4/c1-4-9-25-17(23)15-11(2)22(3)18(24)19(15)12-7-5-6-8-14(12)26-16(21)13(19)10-20/h4-8H,1,9,21H2,2-3H3/t19-/m0/s1. The molecule has 0 unspecified atom stereocenters. The van der Waals surface area contributed by atoms with Gasteiger partial charge in [-0.3, -0.25) is 4.79 Å². The van der Waals surface area contributed by atoms with Crippen LogP contribution in [0.25, 0.3) is 0 Å². The first-order chi connectivity index (χ1) is 12.4. The molecular formula is C19H17N3O4. The number of ether oxygens (including phenoxy) is 2. The van der Waals surface area contributed by atoms with E-state index >= 15 is 0 Å². The van der Waals surface area contributed by atoms with Gasteiger partial charge < -0.3 is 20.1 Å². The van der Waals surface area contributed by atoms with Crippen LogP contribution in [0.2, 0.25) is 0 Å². The number of hydrogen-bond acceptors (Lipinski definition) is 6. The lowest BCUT2D eigenvalue weighted by atomic mass is 9.68. The number of hydrogen-bond donors (Lipinski definition) is 1. The maximum atomic E-state index is 13.3. The number of esters is 1. The van der Waals surface area contributed by atoms with Gasteiger partial charge in [-0.15, -0.1) is 0 Å². The summed E-state index contributed by atoms with van der Waals surface area (Å²) in [5, 5.41) is 9.75. The first-order valence-corrected chi connectivity index (χ1v) is 7.86. The highest BCUT2D eigenvalue weighted by Crippen LogP contribution is 2.53. The summed E-state index contributed by atoms with van der Waals surface area (Å²) in [5.74, 6) is -1.07. The van der Waals surface area contributed by atoms with Crippen LogP contribution < -0.4 is 10.5 Å². The van der Waals surface area contributed by atoms with Crippen LogP contribution in [0, 0.1) is 11.3 Å². The molecule has 0 aromatic heterocycles. The van der Waals surface area contributed by atoms with E-state index in [4.69, 9.17) is 15.2 Å². The second-order valence-electron chi connectivity index (χ2n) is 5.91. The van der Waals surface area contributed by atoms with Crippen LogP contribution in [0.5, 0.6) is 5.75 Å². The van der Waals surface area contributed by atoms with Crippen molar-refractivity contribution in [3.63, 3.8) is 0 Å². The summed E-state index contributed by atoms with van der Waals surface area (Å²) in [6, 6.07) is 8.65. The van der Waals surface area contributed by atoms with E-state index in [1.54, 1.807) is 31.2 Å². The average Bonchev–Trinajstić information content (AvgIpc) is 2.82. The van der Waals surface area contributed by atoms with Gasteiger partial charge in [-0.2, -0.15) is 5.26 Å². The van der Waals surface area contributed by atoms with Gasteiger partial charge in [0.1, 0.15) is 24.0 Å². The molecule has 7 nitrogen and oxygen atoms in total. The normalized spacial score (nSPS) is 21.4. The van der Waals surface area contributed by atoms with Gasteiger partial charge in [0, 0.05) is 18.3 Å². The summed E-state index contributed by atoms with van der Waals surface area (Å²) >= 11 is 0. The largest absolute Gasteiger partial charge is 0.458 e. The number of para-hydroxylation sites is 1. The Morgan fingerprint density at radius 3 is 2.85 bits per heavy atom. The number of fused-ring (bicyclic) bond motifs is 2. The minimum atomic E-state index is -1.69. The number of allylic oxidation sites excluding steroid dienone is 1. The third kappa shape index (κ3) is 2.05. The Hall–Kier alpha value is -3.53. The van der Waals surface area contributed by atoms with Gasteiger partial charge in [0.15, 0.2) is 5.41 Å². The second-order valence-corrected chi connectivity index (χ2v) is 5.91. The molecule has 132 valence electrons. The molecule has 2 heterocycles. The van der Waals surface area contributed by atoms with Crippen molar-refractivity contribution in [3.05, 3.63) is 65.2 Å². The number of nitrogens with two attached hydrogens (primary N) is 1. The molecular weight excluding hydrogens is 334 g/mol. The van der Waals surface area contributed by atoms with E-state index < -0.39 is 17.3 Å². The number of nitrogens with zero attached hydrogens (tertiary/aromatic N) is 2. The fourth-order valence-electron chi connectivity index (χ4n) is 3.43. The molecule has 1 aromatic carbocycles. The molecule has 1 atom stereocenters. The highest BCUT2D eigenvalue weighted by Gasteiger charge is 2.61. The summed E-state index contributed by atoms with van der Waals surface area (Å²) in [7, 11) is 1.54. The molecule has 26 heavy (non-hydrogen) atoms. The van der Waals surface area contributed by atoms with E-state index in [9.17, 15) is 14.9 Å². The zero-order valence-corrected chi connectivity index (χ0v) is 14.4. The predicted molar refractivity (Wildman–Crippen MR) is 92.2 cm³/mol. The topological polar surface area (TPSA) is 106 Å². The van der Waals surface area contributed by atoms with E-state index in [2.05, 4.69) is 6.58 Å². The number of rotatable bonds is 3. The van der Waals surface area contributed by atoms with E-state index in [-0.39, 0.29) is 23.6 Å². The van der Waals surface area contributed by atoms with Gasteiger partial charge in [0.05, 0.1) is 5.57 Å². The maximum absolute atomic E-state index is 13.3. The van der Waals surface area contributed by atoms with E-state index in [0.717, 1.165) is 0 Å². The molecule has 2 N–H and O–H groups in total. The molecule has 7 heteroatoms. The maximum Gasteiger partial charge on any atom is 0.337 e. The van der Waals surface area contributed by atoms with Crippen molar-refractivity contribution in [2.24, 2.45) is 5.73 Å². The lowest BCUT2D eigenvalue weighted by Crippen LogP contribution is -2.46. The summed E-state index contributed by atoms with van der Waals surface area (Å²) < 4.78 is 10.7. The molecule has 1 spiro atoms. The molecule has 0 bridgehead atoms. The Bertz CT molecular complexity index is 938. The Labute approximate surface area is 150 Å². The number of carbonyl (C=O) groups excluding carboxylic acids is 2. The van der Waals surface area contributed by atoms with Crippen molar-refractivity contribution in [1.29, 1.82) is 5.26 Å². The van der Waals surface area contributed by atoms with Gasteiger partial charge in [-0.1, -0.05) is 30.9 Å². The van der Waals surface area contributed by atoms with Crippen molar-refractivity contribution in [3.8, 4) is 11.8 Å². The zero-order valence-electron chi connectivity index (χ0n) is 14.4. The number of benzene rings is 1. The molecule has 2 aliphatic rings. The van der Waals surface area contributed by atoms with Gasteiger partial charge in [-0.25, -0.2) is 4.79 Å². The first kappa shape index (κ1) is 17.3. The van der Waals surface area contributed by atoms with E-state index in [1.165, 1.54) is 18.0 Å². The second kappa shape index (κ2) is 6.08. The third-order valence-electron chi connectivity index (χ3n) is 4.65. The van der Waals surface area contributed by atoms with Gasteiger partial charge in [0.2, 0.25) is 11.8 Å². The van der Waals surface area contributed by atoms with Crippen LogP contribution in [-0.4, -0.2) is 30.4 Å². The van der Waals surface area contributed by atoms with Crippen molar-refractivity contribution in [2.75, 3.05) is 13.7 Å². The molecule has 0 saturated heterocycles. The Morgan fingerprint density at radius 1 is 1.50 bits per heavy atom. The Balaban J connectivity index is 2.38. The lowest BCUT2D eigenvalue weighted by molar-refractivity contribution is -0.140. The first-order valence-electron chi connectivity index (χ1n) is 7.86. The fraction of sp³-hybridized carbons (Fsp3) is 0.211. The van der Waals surface area contributed by atoms with E-state index in [1.807, 2.05) is 6.07 Å². The summed E-state index contributed by atoms with van der Waals surface area (Å²) in [4.78, 5) is 27.5. The van der Waals surface area contributed by atoms with Crippen molar-refractivity contribution >= 4 is 11.9 Å². The van der Waals surface area contributed by atoms with Crippen LogP contribution in [0.1, 0.15) is 12.5 Å². The minimum Gasteiger partial charge on any atom is -0.458 e. The number of likely N-dealkylation sites (N-methyl/N-ethyl adjacent to an activating group) is 1. The molecule has 0 aliphatic carbocycles. The quantitative estimate of drug-likeness (QED) is 0.653. The molecule has 2 aliphatic heterocycles. The molecule has 1 amide bonds. The highest BCUT2D eigenvalue weighted by molar-refractivity contribution is 6.12. The van der Waals surface area contributed by atoms with Crippen LogP contribution in [0.3, 0.4) is 0 Å². The number of carbonyl (C=O) groups is 2.